The van der Waals surface area contributed by atoms with Crippen LogP contribution in [0.5, 0.6) is 0 Å². The second-order valence-corrected chi connectivity index (χ2v) is 3.81. The third kappa shape index (κ3) is 2.80. The lowest BCUT2D eigenvalue weighted by molar-refractivity contribution is -0.489. The van der Waals surface area contributed by atoms with Crippen molar-refractivity contribution in [2.45, 2.75) is 39.0 Å². The summed E-state index contributed by atoms with van der Waals surface area (Å²) in [5.74, 6) is 1.20. The molecule has 0 atom stereocenters. The van der Waals surface area contributed by atoms with Crippen molar-refractivity contribution in [1.29, 1.82) is 0 Å². The Balaban J connectivity index is 2.21. The van der Waals surface area contributed by atoms with Gasteiger partial charge in [0.15, 0.2) is 0 Å². The maximum atomic E-state index is 10.2. The van der Waals surface area contributed by atoms with Gasteiger partial charge in [0.2, 0.25) is 6.54 Å². The molecular formula is C9H17NO2. The monoisotopic (exact) mass is 171 g/mol. The van der Waals surface area contributed by atoms with E-state index in [-0.39, 0.29) is 11.5 Å². The predicted molar refractivity (Wildman–Crippen MR) is 47.6 cm³/mol. The summed E-state index contributed by atoms with van der Waals surface area (Å²) in [6.07, 6.45) is 5.79. The van der Waals surface area contributed by atoms with Gasteiger partial charge in [-0.15, -0.1) is 0 Å². The van der Waals surface area contributed by atoms with Crippen LogP contribution in [0.15, 0.2) is 0 Å². The van der Waals surface area contributed by atoms with Crippen LogP contribution in [0.2, 0.25) is 0 Å². The molecule has 0 N–H and O–H groups in total. The zero-order valence-electron chi connectivity index (χ0n) is 7.66. The van der Waals surface area contributed by atoms with Gasteiger partial charge in [-0.25, -0.2) is 0 Å². The molecule has 0 unspecified atom stereocenters. The van der Waals surface area contributed by atoms with E-state index < -0.39 is 0 Å². The van der Waals surface area contributed by atoms with E-state index >= 15 is 0 Å². The molecule has 1 rings (SSSR count). The standard InChI is InChI=1S/C9H17NO2/c1-2-8-3-5-9(6-4-8)7-10(11)12/h8-9H,2-7H2,1H3. The molecule has 0 aromatic carbocycles. The molecule has 1 aliphatic rings. The van der Waals surface area contributed by atoms with Gasteiger partial charge in [0.05, 0.1) is 0 Å². The Morgan fingerprint density at radius 2 is 1.75 bits per heavy atom. The smallest absolute Gasteiger partial charge is 0.206 e. The summed E-state index contributed by atoms with van der Waals surface area (Å²) < 4.78 is 0. The minimum absolute atomic E-state index is 0.170. The Labute approximate surface area is 73.3 Å². The Morgan fingerprint density at radius 3 is 2.17 bits per heavy atom. The van der Waals surface area contributed by atoms with Crippen LogP contribution in [0.4, 0.5) is 0 Å². The summed E-state index contributed by atoms with van der Waals surface area (Å²) >= 11 is 0. The van der Waals surface area contributed by atoms with Crippen LogP contribution in [0.25, 0.3) is 0 Å². The molecule has 3 heteroatoms. The zero-order valence-corrected chi connectivity index (χ0v) is 7.66. The van der Waals surface area contributed by atoms with Crippen molar-refractivity contribution < 1.29 is 4.92 Å². The lowest BCUT2D eigenvalue weighted by Crippen LogP contribution is -2.20. The fraction of sp³-hybridized carbons (Fsp3) is 1.00. The van der Waals surface area contributed by atoms with Gasteiger partial charge >= 0.3 is 0 Å². The highest BCUT2D eigenvalue weighted by Crippen LogP contribution is 2.30. The molecule has 1 saturated carbocycles. The average Bonchev–Trinajstić information content (AvgIpc) is 2.05. The molecule has 12 heavy (non-hydrogen) atoms. The molecule has 0 saturated heterocycles. The van der Waals surface area contributed by atoms with Crippen molar-refractivity contribution in [3.05, 3.63) is 10.1 Å². The number of hydrogen-bond acceptors (Lipinski definition) is 2. The van der Waals surface area contributed by atoms with Crippen LogP contribution in [-0.2, 0) is 0 Å². The minimum Gasteiger partial charge on any atom is -0.265 e. The summed E-state index contributed by atoms with van der Waals surface area (Å²) in [7, 11) is 0. The number of nitrogens with zero attached hydrogens (tertiary/aromatic N) is 1. The fourth-order valence-electron chi connectivity index (χ4n) is 2.03. The minimum atomic E-state index is -0.170. The molecule has 0 radical (unpaired) electrons. The van der Waals surface area contributed by atoms with E-state index in [1.165, 1.54) is 19.3 Å². The van der Waals surface area contributed by atoms with E-state index in [0.29, 0.717) is 5.92 Å². The van der Waals surface area contributed by atoms with E-state index in [9.17, 15) is 10.1 Å². The zero-order chi connectivity index (χ0) is 8.97. The molecular weight excluding hydrogens is 154 g/mol. The lowest BCUT2D eigenvalue weighted by Gasteiger charge is -2.24. The van der Waals surface area contributed by atoms with Crippen molar-refractivity contribution in [3.63, 3.8) is 0 Å². The fourth-order valence-corrected chi connectivity index (χ4v) is 2.03. The van der Waals surface area contributed by atoms with Gasteiger partial charge in [-0.3, -0.25) is 10.1 Å². The first-order valence-corrected chi connectivity index (χ1v) is 4.84. The lowest BCUT2D eigenvalue weighted by atomic mass is 9.81. The van der Waals surface area contributed by atoms with Crippen molar-refractivity contribution >= 4 is 0 Å². The summed E-state index contributed by atoms with van der Waals surface area (Å²) in [6, 6.07) is 0. The highest BCUT2D eigenvalue weighted by Gasteiger charge is 2.23. The van der Waals surface area contributed by atoms with Crippen molar-refractivity contribution in [1.82, 2.24) is 0 Å². The normalized spacial score (nSPS) is 30.1. The summed E-state index contributed by atoms with van der Waals surface area (Å²) in [5.41, 5.74) is 0. The van der Waals surface area contributed by atoms with Gasteiger partial charge in [0.1, 0.15) is 0 Å². The number of rotatable bonds is 3. The third-order valence-electron chi connectivity index (χ3n) is 2.95. The average molecular weight is 171 g/mol. The van der Waals surface area contributed by atoms with Crippen LogP contribution in [0.1, 0.15) is 39.0 Å². The molecule has 0 amide bonds. The molecule has 0 spiro atoms. The van der Waals surface area contributed by atoms with Crippen LogP contribution >= 0.6 is 0 Å². The van der Waals surface area contributed by atoms with Gasteiger partial charge in [-0.05, 0) is 31.6 Å². The molecule has 0 bridgehead atoms. The molecule has 0 aliphatic heterocycles. The summed E-state index contributed by atoms with van der Waals surface area (Å²) in [6.45, 7) is 2.40. The van der Waals surface area contributed by atoms with Crippen LogP contribution in [0, 0.1) is 22.0 Å². The van der Waals surface area contributed by atoms with E-state index in [0.717, 1.165) is 18.8 Å². The van der Waals surface area contributed by atoms with Crippen molar-refractivity contribution in [2.24, 2.45) is 11.8 Å². The highest BCUT2D eigenvalue weighted by atomic mass is 16.6. The predicted octanol–water partition coefficient (Wildman–Crippen LogP) is 2.48. The molecule has 3 nitrogen and oxygen atoms in total. The van der Waals surface area contributed by atoms with Gasteiger partial charge in [0, 0.05) is 10.8 Å². The Kier molecular flexibility index (Phi) is 3.50. The van der Waals surface area contributed by atoms with Gasteiger partial charge in [-0.2, -0.15) is 0 Å². The Hall–Kier alpha value is -0.600. The third-order valence-corrected chi connectivity index (χ3v) is 2.95. The summed E-state index contributed by atoms with van der Waals surface area (Å²) in [4.78, 5) is 10.1. The molecule has 1 fully saturated rings. The maximum absolute atomic E-state index is 10.2. The van der Waals surface area contributed by atoms with Crippen LogP contribution < -0.4 is 0 Å². The molecule has 0 aromatic heterocycles. The number of hydrogen-bond donors (Lipinski definition) is 0. The second-order valence-electron chi connectivity index (χ2n) is 3.81. The second kappa shape index (κ2) is 4.43. The molecule has 0 aromatic rings. The molecule has 0 heterocycles. The van der Waals surface area contributed by atoms with Gasteiger partial charge in [-0.1, -0.05) is 13.3 Å². The Morgan fingerprint density at radius 1 is 1.25 bits per heavy atom. The van der Waals surface area contributed by atoms with Crippen molar-refractivity contribution in [2.75, 3.05) is 6.54 Å². The first-order valence-electron chi connectivity index (χ1n) is 4.84. The largest absolute Gasteiger partial charge is 0.265 e. The van der Waals surface area contributed by atoms with Gasteiger partial charge in [0.25, 0.3) is 0 Å². The van der Waals surface area contributed by atoms with Crippen LogP contribution in [-0.4, -0.2) is 11.5 Å². The van der Waals surface area contributed by atoms with Crippen LogP contribution in [0.3, 0.4) is 0 Å². The SMILES string of the molecule is CCC1CCC(C[N+](=O)[O-])CC1. The maximum Gasteiger partial charge on any atom is 0.206 e. The highest BCUT2D eigenvalue weighted by molar-refractivity contribution is 4.70. The molecule has 70 valence electrons. The van der Waals surface area contributed by atoms with E-state index in [1.54, 1.807) is 0 Å². The van der Waals surface area contributed by atoms with Crippen molar-refractivity contribution in [3.8, 4) is 0 Å². The first-order chi connectivity index (χ1) is 5.72. The Bertz CT molecular complexity index is 151. The topological polar surface area (TPSA) is 43.1 Å². The molecule has 1 aliphatic carbocycles. The summed E-state index contributed by atoms with van der Waals surface area (Å²) in [5, 5.41) is 10.2. The van der Waals surface area contributed by atoms with Gasteiger partial charge < -0.3 is 0 Å². The number of nitro groups is 1. The first kappa shape index (κ1) is 9.49. The quantitative estimate of drug-likeness (QED) is 0.483. The van der Waals surface area contributed by atoms with E-state index in [4.69, 9.17) is 0 Å². The van der Waals surface area contributed by atoms with E-state index in [2.05, 4.69) is 6.92 Å². The van der Waals surface area contributed by atoms with E-state index in [1.807, 2.05) is 0 Å².